The van der Waals surface area contributed by atoms with Crippen LogP contribution in [0.25, 0.3) is 0 Å². The molecule has 1 saturated heterocycles. The minimum absolute atomic E-state index is 0.0132. The van der Waals surface area contributed by atoms with Crippen molar-refractivity contribution >= 4 is 27.2 Å². The van der Waals surface area contributed by atoms with Crippen LogP contribution in [0.3, 0.4) is 0 Å². The number of nitrogens with zero attached hydrogens (tertiary/aromatic N) is 2. The fourth-order valence-corrected chi connectivity index (χ4v) is 4.04. The summed E-state index contributed by atoms with van der Waals surface area (Å²) in [5.41, 5.74) is -0.269. The van der Waals surface area contributed by atoms with Gasteiger partial charge in [0.05, 0.1) is 24.6 Å². The lowest BCUT2D eigenvalue weighted by atomic mass is 10.1. The number of amidine groups is 1. The quantitative estimate of drug-likeness (QED) is 0.798. The Morgan fingerprint density at radius 3 is 2.76 bits per heavy atom. The minimum Gasteiger partial charge on any atom is -0.377 e. The van der Waals surface area contributed by atoms with E-state index < -0.39 is 39.6 Å². The second-order valence-electron chi connectivity index (χ2n) is 5.62. The maximum atomic E-state index is 14.0. The first-order valence-corrected chi connectivity index (χ1v) is 8.93. The Morgan fingerprint density at radius 2 is 2.12 bits per heavy atom. The Labute approximate surface area is 141 Å². The van der Waals surface area contributed by atoms with E-state index in [1.54, 1.807) is 6.92 Å². The van der Waals surface area contributed by atoms with E-state index in [0.717, 1.165) is 17.0 Å². The van der Waals surface area contributed by atoms with Gasteiger partial charge in [-0.05, 0) is 12.1 Å². The molecule has 11 heteroatoms. The van der Waals surface area contributed by atoms with E-state index >= 15 is 0 Å². The van der Waals surface area contributed by atoms with Gasteiger partial charge < -0.3 is 15.0 Å². The summed E-state index contributed by atoms with van der Waals surface area (Å²) in [7, 11) is -4.19. The highest BCUT2D eigenvalue weighted by Crippen LogP contribution is 2.41. The standard InChI is InChI=1S/C14H15F4N3O3S/c1-2-12-19-13-9(5-8(15)6-10(13)25(22,23)20-12)21-3-4-24-7-11(21)14(16,17)18/h5-6,11H,2-4,7H2,1H3,(H,19,20)/t11-/m0/s1. The molecule has 6 nitrogen and oxygen atoms in total. The first-order chi connectivity index (χ1) is 11.6. The van der Waals surface area contributed by atoms with Crippen LogP contribution in [0, 0.1) is 5.82 Å². The van der Waals surface area contributed by atoms with E-state index in [2.05, 4.69) is 9.71 Å². The molecule has 1 N–H and O–H groups in total. The molecule has 1 atom stereocenters. The average Bonchev–Trinajstić information content (AvgIpc) is 2.53. The zero-order chi connectivity index (χ0) is 18.4. The van der Waals surface area contributed by atoms with Gasteiger partial charge in [0.2, 0.25) is 0 Å². The smallest absolute Gasteiger partial charge is 0.377 e. The number of benzene rings is 1. The zero-order valence-corrected chi connectivity index (χ0v) is 13.9. The Morgan fingerprint density at radius 1 is 1.40 bits per heavy atom. The van der Waals surface area contributed by atoms with Crippen LogP contribution < -0.4 is 10.2 Å². The summed E-state index contributed by atoms with van der Waals surface area (Å²) in [5.74, 6) is -0.876. The van der Waals surface area contributed by atoms with Crippen LogP contribution in [0.15, 0.2) is 21.4 Å². The van der Waals surface area contributed by atoms with Gasteiger partial charge in [0.25, 0.3) is 10.0 Å². The second kappa shape index (κ2) is 6.13. The van der Waals surface area contributed by atoms with Gasteiger partial charge in [-0.25, -0.2) is 4.39 Å². The number of rotatable bonds is 2. The lowest BCUT2D eigenvalue weighted by Crippen LogP contribution is -2.54. The van der Waals surface area contributed by atoms with Crippen molar-refractivity contribution in [2.75, 3.05) is 30.0 Å². The van der Waals surface area contributed by atoms with Crippen LogP contribution in [-0.4, -0.2) is 46.2 Å². The highest BCUT2D eigenvalue weighted by Gasteiger charge is 2.46. The summed E-state index contributed by atoms with van der Waals surface area (Å²) in [6.07, 6.45) is -4.39. The Balaban J connectivity index is 2.17. The minimum atomic E-state index is -4.62. The lowest BCUT2D eigenvalue weighted by Gasteiger charge is -2.39. The molecule has 138 valence electrons. The number of morpholine rings is 1. The Bertz CT molecular complexity index is 823. The Kier molecular flexibility index (Phi) is 4.40. The number of ether oxygens (including phenoxy) is 1. The van der Waals surface area contributed by atoms with Crippen molar-refractivity contribution in [3.05, 3.63) is 17.9 Å². The van der Waals surface area contributed by atoms with Gasteiger partial charge in [-0.2, -0.15) is 21.6 Å². The number of sulfonamides is 1. The van der Waals surface area contributed by atoms with E-state index in [-0.39, 0.29) is 36.8 Å². The van der Waals surface area contributed by atoms with Gasteiger partial charge in [-0.1, -0.05) is 6.92 Å². The fourth-order valence-electron chi connectivity index (χ4n) is 2.80. The van der Waals surface area contributed by atoms with Crippen molar-refractivity contribution in [3.63, 3.8) is 0 Å². The van der Waals surface area contributed by atoms with Gasteiger partial charge in [0.15, 0.2) is 0 Å². The molecule has 0 saturated carbocycles. The molecular formula is C14H15F4N3O3S. The number of halogens is 4. The summed E-state index contributed by atoms with van der Waals surface area (Å²) < 4.78 is 86.9. The SMILES string of the molecule is CCC1=NS(=O)(=O)c2cc(F)cc(N3CCOC[C@H]3C(F)(F)F)c2N1. The molecule has 0 aromatic heterocycles. The van der Waals surface area contributed by atoms with Crippen LogP contribution in [0.4, 0.5) is 28.9 Å². The van der Waals surface area contributed by atoms with E-state index in [1.807, 2.05) is 0 Å². The van der Waals surface area contributed by atoms with Gasteiger partial charge in [0.1, 0.15) is 22.6 Å². The third-order valence-electron chi connectivity index (χ3n) is 3.97. The molecule has 0 bridgehead atoms. The molecule has 0 spiro atoms. The molecule has 2 heterocycles. The number of alkyl halides is 3. The number of anilines is 2. The van der Waals surface area contributed by atoms with Gasteiger partial charge in [0, 0.05) is 13.0 Å². The summed E-state index contributed by atoms with van der Waals surface area (Å²) in [4.78, 5) is 0.444. The molecule has 0 amide bonds. The molecule has 0 aliphatic carbocycles. The van der Waals surface area contributed by atoms with Gasteiger partial charge in [-0.3, -0.25) is 0 Å². The largest absolute Gasteiger partial charge is 0.411 e. The van der Waals surface area contributed by atoms with Crippen LogP contribution in [0.1, 0.15) is 13.3 Å². The topological polar surface area (TPSA) is 71.0 Å². The van der Waals surface area contributed by atoms with Crippen LogP contribution >= 0.6 is 0 Å². The van der Waals surface area contributed by atoms with Crippen LogP contribution in [0.5, 0.6) is 0 Å². The van der Waals surface area contributed by atoms with Gasteiger partial charge >= 0.3 is 6.18 Å². The van der Waals surface area contributed by atoms with Crippen molar-refractivity contribution in [2.45, 2.75) is 30.5 Å². The summed E-state index contributed by atoms with van der Waals surface area (Å²) in [5, 5.41) is 2.72. The van der Waals surface area contributed by atoms with E-state index in [1.165, 1.54) is 0 Å². The predicted octanol–water partition coefficient (Wildman–Crippen LogP) is 2.52. The highest BCUT2D eigenvalue weighted by atomic mass is 32.2. The summed E-state index contributed by atoms with van der Waals surface area (Å²) >= 11 is 0. The molecule has 1 aromatic carbocycles. The first kappa shape index (κ1) is 17.9. The molecule has 2 aliphatic rings. The third kappa shape index (κ3) is 3.30. The first-order valence-electron chi connectivity index (χ1n) is 7.49. The maximum absolute atomic E-state index is 14.0. The number of hydrogen-bond donors (Lipinski definition) is 1. The summed E-state index contributed by atoms with van der Waals surface area (Å²) in [6.45, 7) is 0.888. The van der Waals surface area contributed by atoms with E-state index in [9.17, 15) is 26.0 Å². The number of nitrogens with one attached hydrogen (secondary N) is 1. The van der Waals surface area contributed by atoms with E-state index in [0.29, 0.717) is 0 Å². The van der Waals surface area contributed by atoms with Crippen molar-refractivity contribution < 1.29 is 30.7 Å². The molecular weight excluding hydrogens is 366 g/mol. The van der Waals surface area contributed by atoms with Crippen molar-refractivity contribution in [1.82, 2.24) is 0 Å². The van der Waals surface area contributed by atoms with Crippen molar-refractivity contribution in [3.8, 4) is 0 Å². The molecule has 1 fully saturated rings. The molecule has 0 radical (unpaired) electrons. The fraction of sp³-hybridized carbons (Fsp3) is 0.500. The maximum Gasteiger partial charge on any atom is 0.411 e. The predicted molar refractivity (Wildman–Crippen MR) is 82.9 cm³/mol. The molecule has 1 aromatic rings. The number of hydrogen-bond acceptors (Lipinski definition) is 5. The highest BCUT2D eigenvalue weighted by molar-refractivity contribution is 7.90. The zero-order valence-electron chi connectivity index (χ0n) is 13.1. The molecule has 3 rings (SSSR count). The second-order valence-corrected chi connectivity index (χ2v) is 7.19. The average molecular weight is 381 g/mol. The number of fused-ring (bicyclic) bond motifs is 1. The molecule has 2 aliphatic heterocycles. The normalized spacial score (nSPS) is 22.8. The van der Waals surface area contributed by atoms with Crippen LogP contribution in [-0.2, 0) is 14.8 Å². The van der Waals surface area contributed by atoms with E-state index in [4.69, 9.17) is 4.74 Å². The summed E-state index contributed by atoms with van der Waals surface area (Å²) in [6, 6.07) is -0.356. The van der Waals surface area contributed by atoms with Crippen molar-refractivity contribution in [1.29, 1.82) is 0 Å². The van der Waals surface area contributed by atoms with Crippen molar-refractivity contribution in [2.24, 2.45) is 4.40 Å². The van der Waals surface area contributed by atoms with Gasteiger partial charge in [-0.15, -0.1) is 4.40 Å². The molecule has 25 heavy (non-hydrogen) atoms. The van der Waals surface area contributed by atoms with Crippen LogP contribution in [0.2, 0.25) is 0 Å². The Hall–Kier alpha value is -1.88. The third-order valence-corrected chi connectivity index (χ3v) is 5.31. The molecule has 0 unspecified atom stereocenters. The lowest BCUT2D eigenvalue weighted by molar-refractivity contribution is -0.167. The monoisotopic (exact) mass is 381 g/mol.